The predicted octanol–water partition coefficient (Wildman–Crippen LogP) is 6.07. The summed E-state index contributed by atoms with van der Waals surface area (Å²) in [6.45, 7) is 6.46. The molecule has 0 radical (unpaired) electrons. The summed E-state index contributed by atoms with van der Waals surface area (Å²) >= 11 is 0. The topological polar surface area (TPSA) is 43.7 Å². The van der Waals surface area contributed by atoms with Crippen molar-refractivity contribution in [2.45, 2.75) is 65.1 Å². The van der Waals surface area contributed by atoms with Gasteiger partial charge in [0.2, 0.25) is 5.78 Å². The smallest absolute Gasteiger partial charge is 0.231 e. The Morgan fingerprint density at radius 1 is 1.12 bits per heavy atom. The van der Waals surface area contributed by atoms with E-state index in [-0.39, 0.29) is 5.78 Å². The molecule has 0 N–H and O–H groups in total. The van der Waals surface area contributed by atoms with Crippen LogP contribution in [0.4, 0.5) is 0 Å². The second kappa shape index (κ2) is 8.07. The number of rotatable bonds is 3. The van der Waals surface area contributed by atoms with Crippen LogP contribution >= 0.6 is 0 Å². The monoisotopic (exact) mass is 442 g/mol. The van der Waals surface area contributed by atoms with Crippen LogP contribution in [0.15, 0.2) is 42.3 Å². The molecule has 6 rings (SSSR count). The third kappa shape index (κ3) is 3.37. The molecule has 0 saturated heterocycles. The Morgan fingerprint density at radius 2 is 1.94 bits per heavy atom. The van der Waals surface area contributed by atoms with Crippen LogP contribution in [0.1, 0.15) is 66.1 Å². The molecule has 1 aliphatic carbocycles. The van der Waals surface area contributed by atoms with Crippen molar-refractivity contribution in [3.63, 3.8) is 0 Å². The third-order valence-corrected chi connectivity index (χ3v) is 7.50. The van der Waals surface area contributed by atoms with E-state index in [1.807, 2.05) is 31.2 Å². The van der Waals surface area contributed by atoms with Crippen molar-refractivity contribution in [3.8, 4) is 11.5 Å². The fourth-order valence-corrected chi connectivity index (χ4v) is 5.74. The van der Waals surface area contributed by atoms with Gasteiger partial charge in [-0.2, -0.15) is 0 Å². The quantitative estimate of drug-likeness (QED) is 0.462. The highest BCUT2D eigenvalue weighted by Gasteiger charge is 2.35. The molecular formula is C28H30N2O3. The number of fused-ring (bicyclic) bond motifs is 3. The van der Waals surface area contributed by atoms with E-state index < -0.39 is 0 Å². The highest BCUT2D eigenvalue weighted by atomic mass is 16.5. The van der Waals surface area contributed by atoms with Crippen molar-refractivity contribution >= 4 is 22.8 Å². The number of ether oxygens (including phenoxy) is 2. The standard InChI is InChI=1S/C28H30N2O3/c1-3-29-15-19(22-11-7-8-12-24(22)29)14-25-26(31)23-13-20-16-30(21-9-5-4-6-10-21)17-32-27(20)18(2)28(23)33-25/h7-8,11-15,21H,3-6,9-10,16-17H2,1-2H3/b25-14-. The zero-order valence-electron chi connectivity index (χ0n) is 19.4. The number of ketones is 1. The van der Waals surface area contributed by atoms with E-state index in [0.717, 1.165) is 46.4 Å². The van der Waals surface area contributed by atoms with Crippen LogP contribution < -0.4 is 9.47 Å². The highest BCUT2D eigenvalue weighted by Crippen LogP contribution is 2.44. The molecule has 5 nitrogen and oxygen atoms in total. The van der Waals surface area contributed by atoms with Gasteiger partial charge < -0.3 is 14.0 Å². The summed E-state index contributed by atoms with van der Waals surface area (Å²) in [5, 5.41) is 1.13. The minimum atomic E-state index is -0.0426. The van der Waals surface area contributed by atoms with E-state index in [1.165, 1.54) is 32.1 Å². The summed E-state index contributed by atoms with van der Waals surface area (Å²) in [5.41, 5.74) is 4.86. The average molecular weight is 443 g/mol. The minimum Gasteiger partial charge on any atom is -0.477 e. The van der Waals surface area contributed by atoms with Gasteiger partial charge in [-0.3, -0.25) is 9.69 Å². The molecule has 3 aliphatic rings. The molecular weight excluding hydrogens is 412 g/mol. The van der Waals surface area contributed by atoms with Crippen LogP contribution in [0, 0.1) is 6.92 Å². The summed E-state index contributed by atoms with van der Waals surface area (Å²) in [7, 11) is 0. The summed E-state index contributed by atoms with van der Waals surface area (Å²) in [4.78, 5) is 15.8. The van der Waals surface area contributed by atoms with E-state index >= 15 is 0 Å². The first-order valence-corrected chi connectivity index (χ1v) is 12.2. The second-order valence-electron chi connectivity index (χ2n) is 9.51. The van der Waals surface area contributed by atoms with Gasteiger partial charge in [-0.25, -0.2) is 0 Å². The van der Waals surface area contributed by atoms with Gasteiger partial charge in [0.05, 0.1) is 5.56 Å². The van der Waals surface area contributed by atoms with E-state index in [4.69, 9.17) is 9.47 Å². The van der Waals surface area contributed by atoms with Gasteiger partial charge in [-0.05, 0) is 44.9 Å². The van der Waals surface area contributed by atoms with Crippen LogP contribution in [0.25, 0.3) is 17.0 Å². The first-order chi connectivity index (χ1) is 16.1. The fourth-order valence-electron chi connectivity index (χ4n) is 5.74. The van der Waals surface area contributed by atoms with Gasteiger partial charge in [0.15, 0.2) is 5.76 Å². The van der Waals surface area contributed by atoms with Gasteiger partial charge in [-0.1, -0.05) is 37.5 Å². The molecule has 0 spiro atoms. The number of nitrogens with zero attached hydrogens (tertiary/aromatic N) is 2. The normalized spacial score (nSPS) is 20.1. The fraction of sp³-hybridized carbons (Fsp3) is 0.393. The van der Waals surface area contributed by atoms with Crippen LogP contribution in [-0.2, 0) is 13.1 Å². The third-order valence-electron chi connectivity index (χ3n) is 7.50. The molecule has 170 valence electrons. The maximum atomic E-state index is 13.4. The van der Waals surface area contributed by atoms with Crippen molar-refractivity contribution in [1.29, 1.82) is 0 Å². The number of Topliss-reactive ketones (excluding diaryl/α,β-unsaturated/α-hetero) is 1. The summed E-state index contributed by atoms with van der Waals surface area (Å²) in [6.07, 6.45) is 10.4. The lowest BCUT2D eigenvalue weighted by atomic mass is 9.93. The number of carbonyl (C=O) groups excluding carboxylic acids is 1. The van der Waals surface area contributed by atoms with Crippen LogP contribution in [-0.4, -0.2) is 28.0 Å². The zero-order chi connectivity index (χ0) is 22.5. The summed E-state index contributed by atoms with van der Waals surface area (Å²) in [5.74, 6) is 1.88. The van der Waals surface area contributed by atoms with Gasteiger partial charge in [0, 0.05) is 52.9 Å². The number of para-hydroxylation sites is 1. The summed E-state index contributed by atoms with van der Waals surface area (Å²) < 4.78 is 14.6. The number of allylic oxidation sites excluding steroid dienone is 1. The lowest BCUT2D eigenvalue weighted by molar-refractivity contribution is 0.0397. The number of aryl methyl sites for hydroxylation is 1. The molecule has 1 saturated carbocycles. The molecule has 3 aromatic rings. The van der Waals surface area contributed by atoms with Crippen molar-refractivity contribution in [2.24, 2.45) is 0 Å². The maximum Gasteiger partial charge on any atom is 0.231 e. The molecule has 0 atom stereocenters. The SMILES string of the molecule is CCn1cc(/C=C2\Oc3c(cc4c(c3C)OCN(C3CCCCC3)C4)C2=O)c2ccccc21. The predicted molar refractivity (Wildman–Crippen MR) is 130 cm³/mol. The maximum absolute atomic E-state index is 13.4. The van der Waals surface area contributed by atoms with Crippen molar-refractivity contribution in [3.05, 3.63) is 64.5 Å². The van der Waals surface area contributed by atoms with Crippen molar-refractivity contribution < 1.29 is 14.3 Å². The molecule has 1 fully saturated rings. The number of hydrogen-bond donors (Lipinski definition) is 0. The van der Waals surface area contributed by atoms with E-state index in [1.54, 1.807) is 0 Å². The van der Waals surface area contributed by atoms with Crippen molar-refractivity contribution in [2.75, 3.05) is 6.73 Å². The largest absolute Gasteiger partial charge is 0.477 e. The first-order valence-electron chi connectivity index (χ1n) is 12.2. The molecule has 5 heteroatoms. The lowest BCUT2D eigenvalue weighted by Gasteiger charge is -2.37. The average Bonchev–Trinajstić information content (AvgIpc) is 3.37. The van der Waals surface area contributed by atoms with Crippen LogP contribution in [0.2, 0.25) is 0 Å². The van der Waals surface area contributed by atoms with E-state index in [9.17, 15) is 4.79 Å². The number of aromatic nitrogens is 1. The number of carbonyl (C=O) groups is 1. The number of hydrogen-bond acceptors (Lipinski definition) is 4. The van der Waals surface area contributed by atoms with Crippen molar-refractivity contribution in [1.82, 2.24) is 9.47 Å². The van der Waals surface area contributed by atoms with Gasteiger partial charge in [0.25, 0.3) is 0 Å². The number of benzene rings is 2. The van der Waals surface area contributed by atoms with E-state index in [0.29, 0.717) is 29.8 Å². The molecule has 0 amide bonds. The van der Waals surface area contributed by atoms with Crippen LogP contribution in [0.5, 0.6) is 11.5 Å². The van der Waals surface area contributed by atoms with Gasteiger partial charge in [-0.15, -0.1) is 0 Å². The second-order valence-corrected chi connectivity index (χ2v) is 9.51. The molecule has 3 heterocycles. The molecule has 2 aliphatic heterocycles. The Hall–Kier alpha value is -3.05. The van der Waals surface area contributed by atoms with Gasteiger partial charge in [0.1, 0.15) is 18.2 Å². The Balaban J connectivity index is 1.34. The molecule has 33 heavy (non-hydrogen) atoms. The molecule has 0 unspecified atom stereocenters. The van der Waals surface area contributed by atoms with Crippen LogP contribution in [0.3, 0.4) is 0 Å². The lowest BCUT2D eigenvalue weighted by Crippen LogP contribution is -2.41. The summed E-state index contributed by atoms with van der Waals surface area (Å²) in [6, 6.07) is 10.9. The Labute approximate surface area is 194 Å². The zero-order valence-corrected chi connectivity index (χ0v) is 19.4. The molecule has 2 aromatic carbocycles. The van der Waals surface area contributed by atoms with Gasteiger partial charge >= 0.3 is 0 Å². The Morgan fingerprint density at radius 3 is 2.76 bits per heavy atom. The minimum absolute atomic E-state index is 0.0426. The Bertz CT molecular complexity index is 1280. The van der Waals surface area contributed by atoms with E-state index in [2.05, 4.69) is 34.7 Å². The highest BCUT2D eigenvalue weighted by molar-refractivity contribution is 6.15. The molecule has 1 aromatic heterocycles. The Kier molecular flexibility index (Phi) is 5.02. The molecule has 0 bridgehead atoms. The first kappa shape index (κ1) is 20.5.